The number of carbonyl (C=O) groups is 2. The van der Waals surface area contributed by atoms with Crippen LogP contribution in [0.25, 0.3) is 0 Å². The number of carbonyl (C=O) groups excluding carboxylic acids is 2. The third-order valence-electron chi connectivity index (χ3n) is 6.29. The Balaban J connectivity index is 0.00000225. The number of likely N-dealkylation sites (tertiary alicyclic amines) is 1. The molecule has 0 saturated carbocycles. The molecule has 156 valence electrons. The van der Waals surface area contributed by atoms with Crippen molar-refractivity contribution < 1.29 is 9.59 Å². The molecule has 2 fully saturated rings. The van der Waals surface area contributed by atoms with Gasteiger partial charge in [0, 0.05) is 24.5 Å². The predicted octanol–water partition coefficient (Wildman–Crippen LogP) is 3.02. The first-order chi connectivity index (χ1) is 13.1. The Bertz CT molecular complexity index is 702. The van der Waals surface area contributed by atoms with Crippen LogP contribution in [0.4, 0.5) is 0 Å². The first-order valence-electron chi connectivity index (χ1n) is 10.5. The highest BCUT2D eigenvalue weighted by atomic mass is 35.5. The molecule has 0 aromatic carbocycles. The minimum Gasteiger partial charge on any atom is -0.354 e. The lowest BCUT2D eigenvalue weighted by atomic mass is 9.90. The van der Waals surface area contributed by atoms with Crippen molar-refractivity contribution in [2.45, 2.75) is 57.9 Å². The van der Waals surface area contributed by atoms with Crippen molar-refractivity contribution in [3.05, 3.63) is 21.4 Å². The minimum absolute atomic E-state index is 0. The number of hydrogen-bond donors (Lipinski definition) is 2. The van der Waals surface area contributed by atoms with Gasteiger partial charge in [-0.1, -0.05) is 6.92 Å². The first kappa shape index (κ1) is 21.6. The van der Waals surface area contributed by atoms with Gasteiger partial charge >= 0.3 is 0 Å². The number of fused-ring (bicyclic) bond motifs is 1. The highest BCUT2D eigenvalue weighted by Gasteiger charge is 2.28. The lowest BCUT2D eigenvalue weighted by Gasteiger charge is -2.32. The molecule has 1 aromatic heterocycles. The van der Waals surface area contributed by atoms with Gasteiger partial charge in [0.25, 0.3) is 5.91 Å². The smallest absolute Gasteiger partial charge is 0.263 e. The third-order valence-corrected chi connectivity index (χ3v) is 7.51. The molecule has 1 aromatic rings. The largest absolute Gasteiger partial charge is 0.354 e. The summed E-state index contributed by atoms with van der Waals surface area (Å²) in [7, 11) is 0. The van der Waals surface area contributed by atoms with Crippen LogP contribution in [0.3, 0.4) is 0 Å². The van der Waals surface area contributed by atoms with E-state index in [1.54, 1.807) is 11.3 Å². The van der Waals surface area contributed by atoms with Crippen LogP contribution in [-0.4, -0.2) is 48.9 Å². The summed E-state index contributed by atoms with van der Waals surface area (Å²) in [5.74, 6) is 1.40. The van der Waals surface area contributed by atoms with Gasteiger partial charge in [-0.3, -0.25) is 9.59 Å². The molecule has 5 nitrogen and oxygen atoms in total. The first-order valence-corrected chi connectivity index (χ1v) is 11.3. The summed E-state index contributed by atoms with van der Waals surface area (Å²) >= 11 is 1.71. The standard InChI is InChI=1S/C21H31N3O2S.ClH/c1-14-6-7-18-16(10-14)11-19(27-18)21(26)24-9-3-4-15(13-24)12-23-20(25)17-5-2-8-22-17;/h11,14-15,17,22H,2-10,12-13H2,1H3,(H,23,25);1H. The molecule has 3 unspecified atom stereocenters. The van der Waals surface area contributed by atoms with E-state index >= 15 is 0 Å². The van der Waals surface area contributed by atoms with E-state index < -0.39 is 0 Å². The number of rotatable bonds is 4. The van der Waals surface area contributed by atoms with Crippen LogP contribution >= 0.6 is 23.7 Å². The molecule has 3 heterocycles. The van der Waals surface area contributed by atoms with E-state index in [-0.39, 0.29) is 30.3 Å². The Morgan fingerprint density at radius 1 is 1.29 bits per heavy atom. The summed E-state index contributed by atoms with van der Waals surface area (Å²) in [5.41, 5.74) is 1.40. The maximum absolute atomic E-state index is 13.0. The molecule has 2 N–H and O–H groups in total. The molecular formula is C21H32ClN3O2S. The second kappa shape index (κ2) is 9.59. The van der Waals surface area contributed by atoms with Gasteiger partial charge in [-0.2, -0.15) is 0 Å². The number of thiophene rings is 1. The average molecular weight is 426 g/mol. The molecule has 2 saturated heterocycles. The summed E-state index contributed by atoms with van der Waals surface area (Å²) in [6, 6.07) is 2.13. The van der Waals surface area contributed by atoms with E-state index in [0.29, 0.717) is 12.5 Å². The highest BCUT2D eigenvalue weighted by Crippen LogP contribution is 2.33. The summed E-state index contributed by atoms with van der Waals surface area (Å²) in [4.78, 5) is 29.6. The minimum atomic E-state index is -0.0221. The van der Waals surface area contributed by atoms with Gasteiger partial charge in [0.1, 0.15) is 0 Å². The third kappa shape index (κ3) is 4.89. The molecule has 0 radical (unpaired) electrons. The van der Waals surface area contributed by atoms with Crippen molar-refractivity contribution in [2.24, 2.45) is 11.8 Å². The van der Waals surface area contributed by atoms with Gasteiger partial charge in [-0.25, -0.2) is 0 Å². The van der Waals surface area contributed by atoms with Crippen LogP contribution < -0.4 is 10.6 Å². The number of halogens is 1. The molecule has 3 atom stereocenters. The summed E-state index contributed by atoms with van der Waals surface area (Å²) in [6.07, 6.45) is 7.59. The second-order valence-electron chi connectivity index (χ2n) is 8.56. The fourth-order valence-electron chi connectivity index (χ4n) is 4.66. The Morgan fingerprint density at radius 3 is 2.93 bits per heavy atom. The summed E-state index contributed by atoms with van der Waals surface area (Å²) < 4.78 is 0. The molecular weight excluding hydrogens is 394 g/mol. The monoisotopic (exact) mass is 425 g/mol. The van der Waals surface area contributed by atoms with Crippen molar-refractivity contribution >= 4 is 35.6 Å². The van der Waals surface area contributed by atoms with E-state index in [1.165, 1.54) is 16.9 Å². The fourth-order valence-corrected chi connectivity index (χ4v) is 5.84. The number of nitrogens with zero attached hydrogens (tertiary/aromatic N) is 1. The number of nitrogens with one attached hydrogen (secondary N) is 2. The molecule has 4 rings (SSSR count). The highest BCUT2D eigenvalue weighted by molar-refractivity contribution is 7.14. The zero-order valence-electron chi connectivity index (χ0n) is 16.7. The van der Waals surface area contributed by atoms with Crippen molar-refractivity contribution in [1.29, 1.82) is 0 Å². The van der Waals surface area contributed by atoms with E-state index in [9.17, 15) is 9.59 Å². The number of aryl methyl sites for hydroxylation is 1. The van der Waals surface area contributed by atoms with Crippen molar-refractivity contribution in [3.8, 4) is 0 Å². The van der Waals surface area contributed by atoms with Gasteiger partial charge < -0.3 is 15.5 Å². The van der Waals surface area contributed by atoms with Crippen molar-refractivity contribution in [3.63, 3.8) is 0 Å². The van der Waals surface area contributed by atoms with Crippen LogP contribution in [-0.2, 0) is 17.6 Å². The maximum atomic E-state index is 13.0. The quantitative estimate of drug-likeness (QED) is 0.779. The number of piperidine rings is 1. The molecule has 0 bridgehead atoms. The Labute approximate surface area is 178 Å². The van der Waals surface area contributed by atoms with Crippen molar-refractivity contribution in [2.75, 3.05) is 26.2 Å². The van der Waals surface area contributed by atoms with Crippen molar-refractivity contribution in [1.82, 2.24) is 15.5 Å². The zero-order valence-corrected chi connectivity index (χ0v) is 18.3. The summed E-state index contributed by atoms with van der Waals surface area (Å²) in [5, 5.41) is 6.35. The van der Waals surface area contributed by atoms with Gasteiger partial charge in [-0.15, -0.1) is 23.7 Å². The summed E-state index contributed by atoms with van der Waals surface area (Å²) in [6.45, 7) is 5.52. The number of amides is 2. The van der Waals surface area contributed by atoms with Crippen LogP contribution in [0.2, 0.25) is 0 Å². The molecule has 0 spiro atoms. The molecule has 7 heteroatoms. The fraction of sp³-hybridized carbons (Fsp3) is 0.714. The SMILES string of the molecule is CC1CCc2sc(C(=O)N3CCCC(CNC(=O)C4CCCN4)C3)cc2C1.Cl. The molecule has 3 aliphatic rings. The van der Waals surface area contributed by atoms with Gasteiger partial charge in [0.2, 0.25) is 5.91 Å². The molecule has 2 amide bonds. The van der Waals surface area contributed by atoms with Crippen LogP contribution in [0.5, 0.6) is 0 Å². The molecule has 28 heavy (non-hydrogen) atoms. The topological polar surface area (TPSA) is 61.4 Å². The van der Waals surface area contributed by atoms with Gasteiger partial charge in [0.05, 0.1) is 10.9 Å². The molecule has 1 aliphatic carbocycles. The van der Waals surface area contributed by atoms with E-state index in [0.717, 1.165) is 69.0 Å². The lowest BCUT2D eigenvalue weighted by molar-refractivity contribution is -0.123. The van der Waals surface area contributed by atoms with Gasteiger partial charge in [-0.05, 0) is 75.0 Å². The Morgan fingerprint density at radius 2 is 2.14 bits per heavy atom. The normalized spacial score (nSPS) is 27.0. The maximum Gasteiger partial charge on any atom is 0.263 e. The van der Waals surface area contributed by atoms with Crippen LogP contribution in [0, 0.1) is 11.8 Å². The van der Waals surface area contributed by atoms with E-state index in [1.807, 2.05) is 4.90 Å². The van der Waals surface area contributed by atoms with Crippen LogP contribution in [0.1, 0.15) is 59.1 Å². The lowest BCUT2D eigenvalue weighted by Crippen LogP contribution is -2.46. The second-order valence-corrected chi connectivity index (χ2v) is 9.70. The number of hydrogen-bond acceptors (Lipinski definition) is 4. The van der Waals surface area contributed by atoms with Crippen LogP contribution in [0.15, 0.2) is 6.07 Å². The average Bonchev–Trinajstić information content (AvgIpc) is 3.35. The zero-order chi connectivity index (χ0) is 18.8. The Hall–Kier alpha value is -1.11. The van der Waals surface area contributed by atoms with E-state index in [2.05, 4.69) is 23.6 Å². The molecule has 2 aliphatic heterocycles. The van der Waals surface area contributed by atoms with Gasteiger partial charge in [0.15, 0.2) is 0 Å². The predicted molar refractivity (Wildman–Crippen MR) is 115 cm³/mol. The van der Waals surface area contributed by atoms with E-state index in [4.69, 9.17) is 0 Å². The Kier molecular flexibility index (Phi) is 7.40.